The van der Waals surface area contributed by atoms with Crippen molar-refractivity contribution in [2.75, 3.05) is 13.2 Å². The SMILES string of the molecule is O=S(=O)(O)C=CCOCCc1ccc(F)cc1. The monoisotopic (exact) mass is 260 g/mol. The predicted octanol–water partition coefficient (Wildman–Crippen LogP) is 1.79. The molecule has 1 aromatic rings. The smallest absolute Gasteiger partial charge is 0.287 e. The minimum absolute atomic E-state index is 0.0982. The van der Waals surface area contributed by atoms with Crippen molar-refractivity contribution in [2.45, 2.75) is 6.42 Å². The van der Waals surface area contributed by atoms with Crippen LogP contribution in [0.15, 0.2) is 35.7 Å². The Morgan fingerprint density at radius 1 is 1.29 bits per heavy atom. The quantitative estimate of drug-likeness (QED) is 0.625. The van der Waals surface area contributed by atoms with Gasteiger partial charge in [-0.05, 0) is 30.2 Å². The molecule has 0 saturated heterocycles. The van der Waals surface area contributed by atoms with Crippen molar-refractivity contribution in [1.29, 1.82) is 0 Å². The van der Waals surface area contributed by atoms with E-state index in [1.165, 1.54) is 18.2 Å². The second kappa shape index (κ2) is 6.48. The third-order valence-corrected chi connectivity index (χ3v) is 2.47. The summed E-state index contributed by atoms with van der Waals surface area (Å²) >= 11 is 0. The average Bonchev–Trinajstić information content (AvgIpc) is 2.24. The second-order valence-corrected chi connectivity index (χ2v) is 4.64. The van der Waals surface area contributed by atoms with Gasteiger partial charge in [-0.3, -0.25) is 4.55 Å². The van der Waals surface area contributed by atoms with Crippen molar-refractivity contribution in [3.05, 3.63) is 47.1 Å². The summed E-state index contributed by atoms with van der Waals surface area (Å²) in [4.78, 5) is 0. The van der Waals surface area contributed by atoms with Gasteiger partial charge in [0.15, 0.2) is 0 Å². The molecule has 0 aliphatic heterocycles. The van der Waals surface area contributed by atoms with E-state index in [9.17, 15) is 12.8 Å². The van der Waals surface area contributed by atoms with Gasteiger partial charge >= 0.3 is 0 Å². The van der Waals surface area contributed by atoms with Crippen molar-refractivity contribution in [2.24, 2.45) is 0 Å². The van der Waals surface area contributed by atoms with Gasteiger partial charge in [0.1, 0.15) is 5.82 Å². The first-order chi connectivity index (χ1) is 7.97. The molecule has 0 spiro atoms. The fraction of sp³-hybridized carbons (Fsp3) is 0.273. The lowest BCUT2D eigenvalue weighted by Gasteiger charge is -2.01. The second-order valence-electron chi connectivity index (χ2n) is 3.34. The van der Waals surface area contributed by atoms with Gasteiger partial charge in [0.05, 0.1) is 18.6 Å². The van der Waals surface area contributed by atoms with Crippen LogP contribution >= 0.6 is 0 Å². The van der Waals surface area contributed by atoms with Crippen LogP contribution in [0.25, 0.3) is 0 Å². The average molecular weight is 260 g/mol. The van der Waals surface area contributed by atoms with Crippen LogP contribution in [-0.4, -0.2) is 26.2 Å². The first kappa shape index (κ1) is 13.8. The van der Waals surface area contributed by atoms with E-state index >= 15 is 0 Å². The number of hydrogen-bond donors (Lipinski definition) is 1. The summed E-state index contributed by atoms with van der Waals surface area (Å²) in [6.07, 6.45) is 1.82. The maximum Gasteiger partial charge on any atom is 0.287 e. The van der Waals surface area contributed by atoms with Gasteiger partial charge in [-0.15, -0.1) is 0 Å². The Morgan fingerprint density at radius 3 is 2.53 bits per heavy atom. The van der Waals surface area contributed by atoms with E-state index in [1.54, 1.807) is 12.1 Å². The highest BCUT2D eigenvalue weighted by Gasteiger charge is 1.95. The molecule has 0 aliphatic rings. The van der Waals surface area contributed by atoms with Crippen molar-refractivity contribution in [3.63, 3.8) is 0 Å². The van der Waals surface area contributed by atoms with E-state index < -0.39 is 10.1 Å². The van der Waals surface area contributed by atoms with Crippen LogP contribution in [0.4, 0.5) is 4.39 Å². The number of ether oxygens (including phenoxy) is 1. The molecule has 0 amide bonds. The van der Waals surface area contributed by atoms with E-state index in [4.69, 9.17) is 9.29 Å². The van der Waals surface area contributed by atoms with Gasteiger partial charge in [0, 0.05) is 0 Å². The standard InChI is InChI=1S/C11H13FO4S/c12-11-4-2-10(3-5-11)6-8-16-7-1-9-17(13,14)15/h1-5,9H,6-8H2,(H,13,14,15). The topological polar surface area (TPSA) is 63.6 Å². The molecule has 1 aromatic carbocycles. The zero-order valence-electron chi connectivity index (χ0n) is 9.04. The lowest BCUT2D eigenvalue weighted by atomic mass is 10.2. The summed E-state index contributed by atoms with van der Waals surface area (Å²) in [5.74, 6) is -0.286. The molecule has 94 valence electrons. The van der Waals surface area contributed by atoms with Crippen LogP contribution in [0, 0.1) is 5.82 Å². The zero-order chi connectivity index (χ0) is 12.7. The van der Waals surface area contributed by atoms with Gasteiger partial charge in [-0.2, -0.15) is 8.42 Å². The number of halogens is 1. The van der Waals surface area contributed by atoms with Crippen LogP contribution < -0.4 is 0 Å². The van der Waals surface area contributed by atoms with Crippen molar-refractivity contribution < 1.29 is 22.1 Å². The molecule has 0 heterocycles. The fourth-order valence-electron chi connectivity index (χ4n) is 1.15. The molecule has 0 bridgehead atoms. The maximum atomic E-state index is 12.6. The largest absolute Gasteiger partial charge is 0.377 e. The van der Waals surface area contributed by atoms with Crippen LogP contribution in [0.3, 0.4) is 0 Å². The summed E-state index contributed by atoms with van der Waals surface area (Å²) in [6, 6.07) is 6.06. The highest BCUT2D eigenvalue weighted by atomic mass is 32.2. The molecular weight excluding hydrogens is 247 g/mol. The lowest BCUT2D eigenvalue weighted by molar-refractivity contribution is 0.166. The third kappa shape index (κ3) is 6.83. The Hall–Kier alpha value is -1.24. The Labute approximate surface area is 99.5 Å². The molecule has 0 radical (unpaired) electrons. The highest BCUT2D eigenvalue weighted by molar-refractivity contribution is 7.88. The molecule has 0 atom stereocenters. The molecule has 17 heavy (non-hydrogen) atoms. The number of hydrogen-bond acceptors (Lipinski definition) is 3. The summed E-state index contributed by atoms with van der Waals surface area (Å²) in [5.41, 5.74) is 0.935. The maximum absolute atomic E-state index is 12.6. The Bertz CT molecular complexity index is 465. The van der Waals surface area contributed by atoms with Gasteiger partial charge in [-0.25, -0.2) is 4.39 Å². The van der Waals surface area contributed by atoms with E-state index in [2.05, 4.69) is 0 Å². The molecule has 1 rings (SSSR count). The van der Waals surface area contributed by atoms with Crippen molar-refractivity contribution in [1.82, 2.24) is 0 Å². The van der Waals surface area contributed by atoms with Crippen LogP contribution in [0.2, 0.25) is 0 Å². The first-order valence-corrected chi connectivity index (χ1v) is 6.44. The third-order valence-electron chi connectivity index (χ3n) is 1.93. The Morgan fingerprint density at radius 2 is 1.94 bits per heavy atom. The minimum atomic E-state index is -4.07. The number of rotatable bonds is 6. The van der Waals surface area contributed by atoms with Crippen LogP contribution in [0.5, 0.6) is 0 Å². The molecule has 1 N–H and O–H groups in total. The van der Waals surface area contributed by atoms with Gasteiger partial charge in [-0.1, -0.05) is 12.1 Å². The Balaban J connectivity index is 2.21. The molecule has 0 fully saturated rings. The molecule has 0 unspecified atom stereocenters. The van der Waals surface area contributed by atoms with Gasteiger partial charge < -0.3 is 4.74 Å². The molecular formula is C11H13FO4S. The van der Waals surface area contributed by atoms with E-state index in [1.807, 2.05) is 0 Å². The lowest BCUT2D eigenvalue weighted by Crippen LogP contribution is -1.99. The summed E-state index contributed by atoms with van der Waals surface area (Å²) < 4.78 is 46.6. The molecule has 6 heteroatoms. The number of benzene rings is 1. The van der Waals surface area contributed by atoms with E-state index in [0.717, 1.165) is 5.56 Å². The van der Waals surface area contributed by atoms with Crippen LogP contribution in [-0.2, 0) is 21.3 Å². The minimum Gasteiger partial charge on any atom is -0.377 e. The van der Waals surface area contributed by atoms with Gasteiger partial charge in [0.2, 0.25) is 0 Å². The van der Waals surface area contributed by atoms with E-state index in [0.29, 0.717) is 18.4 Å². The molecule has 0 saturated carbocycles. The fourth-order valence-corrected chi connectivity index (χ4v) is 1.48. The zero-order valence-corrected chi connectivity index (χ0v) is 9.86. The van der Waals surface area contributed by atoms with Gasteiger partial charge in [0.25, 0.3) is 10.1 Å². The normalized spacial score (nSPS) is 12.1. The molecule has 0 aromatic heterocycles. The summed E-state index contributed by atoms with van der Waals surface area (Å²) in [7, 11) is -4.07. The molecule has 0 aliphatic carbocycles. The van der Waals surface area contributed by atoms with Crippen molar-refractivity contribution in [3.8, 4) is 0 Å². The summed E-state index contributed by atoms with van der Waals surface area (Å²) in [5, 5.41) is 0.672. The van der Waals surface area contributed by atoms with Crippen LogP contribution in [0.1, 0.15) is 5.56 Å². The Kier molecular flexibility index (Phi) is 5.27. The first-order valence-electron chi connectivity index (χ1n) is 4.93. The van der Waals surface area contributed by atoms with Crippen molar-refractivity contribution >= 4 is 10.1 Å². The summed E-state index contributed by atoms with van der Waals surface area (Å²) in [6.45, 7) is 0.489. The highest BCUT2D eigenvalue weighted by Crippen LogP contribution is 2.03. The molecule has 4 nitrogen and oxygen atoms in total. The predicted molar refractivity (Wildman–Crippen MR) is 61.6 cm³/mol. The van der Waals surface area contributed by atoms with E-state index in [-0.39, 0.29) is 12.4 Å².